The molecule has 1 fully saturated rings. The van der Waals surface area contributed by atoms with Crippen LogP contribution in [0.1, 0.15) is 45.6 Å². The van der Waals surface area contributed by atoms with Gasteiger partial charge in [-0.3, -0.25) is 0 Å². The van der Waals surface area contributed by atoms with E-state index in [0.29, 0.717) is 18.1 Å². The number of ether oxygens (including phenoxy) is 1. The van der Waals surface area contributed by atoms with E-state index >= 15 is 0 Å². The van der Waals surface area contributed by atoms with Crippen LogP contribution in [-0.4, -0.2) is 19.2 Å². The van der Waals surface area contributed by atoms with Gasteiger partial charge in [0.2, 0.25) is 0 Å². The molecule has 2 nitrogen and oxygen atoms in total. The van der Waals surface area contributed by atoms with Crippen LogP contribution in [0.25, 0.3) is 0 Å². The Morgan fingerprint density at radius 2 is 1.94 bits per heavy atom. The summed E-state index contributed by atoms with van der Waals surface area (Å²) >= 11 is 0. The van der Waals surface area contributed by atoms with Gasteiger partial charge in [0, 0.05) is 17.9 Å². The van der Waals surface area contributed by atoms with Crippen molar-refractivity contribution in [2.24, 2.45) is 5.41 Å². The van der Waals surface area contributed by atoms with E-state index in [1.54, 1.807) is 0 Å². The lowest BCUT2D eigenvalue weighted by Gasteiger charge is -2.51. The molecule has 1 aliphatic carbocycles. The summed E-state index contributed by atoms with van der Waals surface area (Å²) in [7, 11) is 2.03. The Morgan fingerprint density at radius 3 is 2.50 bits per heavy atom. The monoisotopic (exact) mass is 247 g/mol. The van der Waals surface area contributed by atoms with E-state index in [9.17, 15) is 0 Å². The highest BCUT2D eigenvalue weighted by molar-refractivity contribution is 5.36. The fraction of sp³-hybridized carbons (Fsp3) is 0.625. The smallest absolute Gasteiger partial charge is 0.123 e. The largest absolute Gasteiger partial charge is 0.489 e. The number of hydrogen-bond acceptors (Lipinski definition) is 2. The van der Waals surface area contributed by atoms with Gasteiger partial charge in [0.15, 0.2) is 0 Å². The number of para-hydroxylation sites is 1. The molecule has 1 aliphatic rings. The SMILES string of the molecule is CNC1CC(Oc2ccccc2C(C)C)C1(C)C. The van der Waals surface area contributed by atoms with Crippen LogP contribution < -0.4 is 10.1 Å². The molecule has 0 radical (unpaired) electrons. The Balaban J connectivity index is 2.12. The fourth-order valence-corrected chi connectivity index (χ4v) is 2.79. The first-order valence-corrected chi connectivity index (χ1v) is 6.89. The summed E-state index contributed by atoms with van der Waals surface area (Å²) in [5.41, 5.74) is 1.51. The quantitative estimate of drug-likeness (QED) is 0.878. The van der Waals surface area contributed by atoms with Crippen molar-refractivity contribution in [3.8, 4) is 5.75 Å². The highest BCUT2D eigenvalue weighted by Gasteiger charge is 2.49. The van der Waals surface area contributed by atoms with Crippen molar-refractivity contribution in [1.29, 1.82) is 0 Å². The van der Waals surface area contributed by atoms with Gasteiger partial charge in [-0.25, -0.2) is 0 Å². The van der Waals surface area contributed by atoms with Gasteiger partial charge in [-0.15, -0.1) is 0 Å². The number of nitrogens with one attached hydrogen (secondary N) is 1. The van der Waals surface area contributed by atoms with Crippen molar-refractivity contribution in [2.75, 3.05) is 7.05 Å². The highest BCUT2D eigenvalue weighted by Crippen LogP contribution is 2.43. The van der Waals surface area contributed by atoms with Gasteiger partial charge in [-0.05, 0) is 24.6 Å². The molecule has 100 valence electrons. The second-order valence-electron chi connectivity index (χ2n) is 6.20. The van der Waals surface area contributed by atoms with Crippen LogP contribution in [-0.2, 0) is 0 Å². The van der Waals surface area contributed by atoms with Crippen LogP contribution in [0.2, 0.25) is 0 Å². The zero-order valence-electron chi connectivity index (χ0n) is 12.2. The summed E-state index contributed by atoms with van der Waals surface area (Å²) in [4.78, 5) is 0. The van der Waals surface area contributed by atoms with Gasteiger partial charge in [0.05, 0.1) is 0 Å². The van der Waals surface area contributed by atoms with Crippen LogP contribution in [0, 0.1) is 5.41 Å². The normalized spacial score (nSPS) is 25.9. The second kappa shape index (κ2) is 4.93. The molecule has 0 saturated heterocycles. The minimum atomic E-state index is 0.207. The topological polar surface area (TPSA) is 21.3 Å². The van der Waals surface area contributed by atoms with Crippen molar-refractivity contribution in [1.82, 2.24) is 5.32 Å². The number of hydrogen-bond donors (Lipinski definition) is 1. The molecule has 0 heterocycles. The lowest BCUT2D eigenvalue weighted by Crippen LogP contribution is -2.61. The maximum atomic E-state index is 6.25. The van der Waals surface area contributed by atoms with Crippen LogP contribution in [0.15, 0.2) is 24.3 Å². The Hall–Kier alpha value is -1.02. The lowest BCUT2D eigenvalue weighted by molar-refractivity contribution is -0.0526. The maximum Gasteiger partial charge on any atom is 0.123 e. The first-order valence-electron chi connectivity index (χ1n) is 6.89. The van der Waals surface area contributed by atoms with Gasteiger partial charge in [-0.1, -0.05) is 45.9 Å². The van der Waals surface area contributed by atoms with E-state index in [2.05, 4.69) is 57.3 Å². The van der Waals surface area contributed by atoms with Crippen molar-refractivity contribution in [3.05, 3.63) is 29.8 Å². The van der Waals surface area contributed by atoms with Gasteiger partial charge < -0.3 is 10.1 Å². The highest BCUT2D eigenvalue weighted by atomic mass is 16.5. The second-order valence-corrected chi connectivity index (χ2v) is 6.20. The van der Waals surface area contributed by atoms with Crippen molar-refractivity contribution in [3.63, 3.8) is 0 Å². The van der Waals surface area contributed by atoms with Crippen LogP contribution in [0.3, 0.4) is 0 Å². The van der Waals surface area contributed by atoms with Gasteiger partial charge in [-0.2, -0.15) is 0 Å². The average Bonchev–Trinajstić information content (AvgIpc) is 2.34. The molecule has 1 saturated carbocycles. The third-order valence-corrected chi connectivity index (χ3v) is 4.34. The van der Waals surface area contributed by atoms with E-state index in [1.807, 2.05) is 7.05 Å². The maximum absolute atomic E-state index is 6.25. The third-order valence-electron chi connectivity index (χ3n) is 4.34. The summed E-state index contributed by atoms with van der Waals surface area (Å²) in [5.74, 6) is 1.56. The van der Waals surface area contributed by atoms with Crippen molar-refractivity contribution < 1.29 is 4.74 Å². The molecule has 1 N–H and O–H groups in total. The summed E-state index contributed by atoms with van der Waals surface area (Å²) < 4.78 is 6.25. The Labute approximate surface area is 111 Å². The van der Waals surface area contributed by atoms with Crippen LogP contribution >= 0.6 is 0 Å². The first kappa shape index (κ1) is 13.4. The Bertz CT molecular complexity index is 411. The molecule has 0 aromatic heterocycles. The van der Waals surface area contributed by atoms with Crippen LogP contribution in [0.5, 0.6) is 5.75 Å². The van der Waals surface area contributed by atoms with E-state index in [4.69, 9.17) is 4.74 Å². The van der Waals surface area contributed by atoms with E-state index < -0.39 is 0 Å². The molecule has 18 heavy (non-hydrogen) atoms. The Kier molecular flexibility index (Phi) is 3.67. The summed E-state index contributed by atoms with van der Waals surface area (Å²) in [6, 6.07) is 8.97. The molecule has 0 bridgehead atoms. The summed E-state index contributed by atoms with van der Waals surface area (Å²) in [6.45, 7) is 8.98. The molecule has 0 amide bonds. The van der Waals surface area contributed by atoms with Gasteiger partial charge in [0.25, 0.3) is 0 Å². The summed E-state index contributed by atoms with van der Waals surface area (Å²) in [5, 5.41) is 3.36. The molecular weight excluding hydrogens is 222 g/mol. The third kappa shape index (κ3) is 2.26. The summed E-state index contributed by atoms with van der Waals surface area (Å²) in [6.07, 6.45) is 1.41. The molecular formula is C16H25NO. The van der Waals surface area contributed by atoms with E-state index in [0.717, 1.165) is 12.2 Å². The van der Waals surface area contributed by atoms with Gasteiger partial charge >= 0.3 is 0 Å². The molecule has 1 aromatic rings. The van der Waals surface area contributed by atoms with E-state index in [1.165, 1.54) is 5.56 Å². The predicted molar refractivity (Wildman–Crippen MR) is 76.2 cm³/mol. The molecule has 1 aromatic carbocycles. The van der Waals surface area contributed by atoms with Crippen LogP contribution in [0.4, 0.5) is 0 Å². The zero-order chi connectivity index (χ0) is 13.3. The molecule has 0 aliphatic heterocycles. The molecule has 0 spiro atoms. The molecule has 2 unspecified atom stereocenters. The minimum Gasteiger partial charge on any atom is -0.489 e. The van der Waals surface area contributed by atoms with Crippen molar-refractivity contribution >= 4 is 0 Å². The first-order chi connectivity index (χ1) is 8.46. The standard InChI is InChI=1S/C16H25NO/c1-11(2)12-8-6-7-9-13(12)18-15-10-14(17-5)16(15,3)4/h6-9,11,14-15,17H,10H2,1-5H3. The minimum absolute atomic E-state index is 0.207. The number of rotatable bonds is 4. The van der Waals surface area contributed by atoms with E-state index in [-0.39, 0.29) is 5.41 Å². The lowest BCUT2D eigenvalue weighted by atomic mass is 9.64. The number of benzene rings is 1. The molecule has 2 rings (SSSR count). The Morgan fingerprint density at radius 1 is 1.28 bits per heavy atom. The average molecular weight is 247 g/mol. The molecule has 2 atom stereocenters. The predicted octanol–water partition coefficient (Wildman–Crippen LogP) is 3.58. The van der Waals surface area contributed by atoms with Crippen molar-refractivity contribution in [2.45, 2.75) is 52.2 Å². The molecule has 2 heteroatoms. The zero-order valence-corrected chi connectivity index (χ0v) is 12.2. The fourth-order valence-electron chi connectivity index (χ4n) is 2.79. The van der Waals surface area contributed by atoms with Gasteiger partial charge in [0.1, 0.15) is 11.9 Å².